The first kappa shape index (κ1) is 24.7. The lowest BCUT2D eigenvalue weighted by Crippen LogP contribution is -2.39. The fourth-order valence-electron chi connectivity index (χ4n) is 7.07. The number of nitrogens with zero attached hydrogens (tertiary/aromatic N) is 1. The van der Waals surface area contributed by atoms with Crippen LogP contribution in [0.25, 0.3) is 10.8 Å². The number of carbonyl (C=O) groups is 4. The van der Waals surface area contributed by atoms with E-state index in [4.69, 9.17) is 11.6 Å². The molecule has 0 saturated carbocycles. The van der Waals surface area contributed by atoms with Crippen LogP contribution in [0, 0.1) is 17.8 Å². The summed E-state index contributed by atoms with van der Waals surface area (Å²) in [4.78, 5) is 55.7. The lowest BCUT2D eigenvalue weighted by Gasteiger charge is -2.42. The molecule has 1 heterocycles. The van der Waals surface area contributed by atoms with Gasteiger partial charge in [-0.3, -0.25) is 24.1 Å². The Kier molecular flexibility index (Phi) is 5.48. The van der Waals surface area contributed by atoms with Gasteiger partial charge in [0.25, 0.3) is 0 Å². The molecule has 4 atom stereocenters. The van der Waals surface area contributed by atoms with Crippen LogP contribution in [0.1, 0.15) is 31.2 Å². The van der Waals surface area contributed by atoms with Crippen molar-refractivity contribution < 1.29 is 24.3 Å². The molecular formula is C33H24ClNO5. The number of carbonyl (C=O) groups excluding carboxylic acids is 4. The number of aromatic hydroxyl groups is 1. The third-order valence-corrected chi connectivity index (χ3v) is 9.14. The van der Waals surface area contributed by atoms with Crippen LogP contribution in [0.15, 0.2) is 95.1 Å². The Labute approximate surface area is 235 Å². The number of allylic oxidation sites excluding steroid dienone is 6. The van der Waals surface area contributed by atoms with Crippen molar-refractivity contribution in [1.29, 1.82) is 0 Å². The standard InChI is InChI=1S/C33H24ClNO5/c1-16-14-26(36)25-15-24-21(12-13-23-28(24)33(40)35(32(23)39)19-9-7-18(34)8-10-19)27(29(25)30(16)37)22-11-6-17-4-2-3-5-20(17)31(22)38/h2-12,14,23-24,27-28,38H,13,15H2,1H3/t23-,24+,27+,28-/m0/s1. The van der Waals surface area contributed by atoms with Crippen LogP contribution >= 0.6 is 11.6 Å². The van der Waals surface area contributed by atoms with E-state index in [9.17, 15) is 24.3 Å². The number of imide groups is 1. The number of halogens is 1. The van der Waals surface area contributed by atoms with E-state index in [1.54, 1.807) is 37.3 Å². The molecule has 1 aliphatic heterocycles. The average molecular weight is 550 g/mol. The summed E-state index contributed by atoms with van der Waals surface area (Å²) in [5, 5.41) is 13.5. The van der Waals surface area contributed by atoms with E-state index in [1.165, 1.54) is 11.0 Å². The van der Waals surface area contributed by atoms with Gasteiger partial charge in [0.2, 0.25) is 11.8 Å². The van der Waals surface area contributed by atoms with Gasteiger partial charge in [-0.15, -0.1) is 0 Å². The number of phenolic OH excluding ortho intramolecular Hbond substituents is 1. The molecular weight excluding hydrogens is 526 g/mol. The Bertz CT molecular complexity index is 1780. The summed E-state index contributed by atoms with van der Waals surface area (Å²) < 4.78 is 0. The Morgan fingerprint density at radius 1 is 0.900 bits per heavy atom. The van der Waals surface area contributed by atoms with Gasteiger partial charge in [-0.25, -0.2) is 0 Å². The number of anilines is 1. The molecule has 1 saturated heterocycles. The zero-order valence-corrected chi connectivity index (χ0v) is 22.3. The lowest BCUT2D eigenvalue weighted by atomic mass is 9.59. The van der Waals surface area contributed by atoms with Crippen molar-refractivity contribution in [3.8, 4) is 5.75 Å². The molecule has 3 aromatic rings. The highest BCUT2D eigenvalue weighted by molar-refractivity contribution is 6.31. The highest BCUT2D eigenvalue weighted by atomic mass is 35.5. The largest absolute Gasteiger partial charge is 0.507 e. The molecule has 3 aromatic carbocycles. The summed E-state index contributed by atoms with van der Waals surface area (Å²) in [6.45, 7) is 1.63. The van der Waals surface area contributed by atoms with E-state index in [1.807, 2.05) is 36.4 Å². The van der Waals surface area contributed by atoms with Crippen LogP contribution in [-0.2, 0) is 19.2 Å². The molecule has 40 heavy (non-hydrogen) atoms. The minimum Gasteiger partial charge on any atom is -0.507 e. The van der Waals surface area contributed by atoms with Gasteiger partial charge < -0.3 is 5.11 Å². The van der Waals surface area contributed by atoms with Gasteiger partial charge in [0.1, 0.15) is 5.75 Å². The first-order valence-electron chi connectivity index (χ1n) is 13.3. The van der Waals surface area contributed by atoms with Gasteiger partial charge in [-0.1, -0.05) is 59.6 Å². The van der Waals surface area contributed by atoms with Crippen LogP contribution in [0.3, 0.4) is 0 Å². The number of amides is 2. The van der Waals surface area contributed by atoms with Gasteiger partial charge in [0.05, 0.1) is 17.5 Å². The highest BCUT2D eigenvalue weighted by Crippen LogP contribution is 2.56. The lowest BCUT2D eigenvalue weighted by molar-refractivity contribution is -0.123. The first-order valence-corrected chi connectivity index (χ1v) is 13.7. The van der Waals surface area contributed by atoms with E-state index in [2.05, 4.69) is 0 Å². The number of fused-ring (bicyclic) bond motifs is 4. The minimum atomic E-state index is -0.702. The van der Waals surface area contributed by atoms with Crippen molar-refractivity contribution in [2.45, 2.75) is 25.7 Å². The fourth-order valence-corrected chi connectivity index (χ4v) is 7.19. The summed E-state index contributed by atoms with van der Waals surface area (Å²) in [5.74, 6) is -3.47. The Balaban J connectivity index is 1.40. The van der Waals surface area contributed by atoms with E-state index in [0.29, 0.717) is 44.8 Å². The summed E-state index contributed by atoms with van der Waals surface area (Å²) >= 11 is 6.04. The monoisotopic (exact) mass is 549 g/mol. The predicted octanol–water partition coefficient (Wildman–Crippen LogP) is 5.83. The minimum absolute atomic E-state index is 0.0442. The van der Waals surface area contributed by atoms with Gasteiger partial charge in [0.15, 0.2) is 11.6 Å². The van der Waals surface area contributed by atoms with Crippen LogP contribution < -0.4 is 4.90 Å². The molecule has 0 radical (unpaired) electrons. The molecule has 1 N–H and O–H groups in total. The maximum absolute atomic E-state index is 13.9. The number of hydrogen-bond acceptors (Lipinski definition) is 5. The summed E-state index contributed by atoms with van der Waals surface area (Å²) in [7, 11) is 0. The van der Waals surface area contributed by atoms with E-state index in [-0.39, 0.29) is 35.6 Å². The molecule has 198 valence electrons. The first-order chi connectivity index (χ1) is 19.3. The summed E-state index contributed by atoms with van der Waals surface area (Å²) in [5.41, 5.74) is 2.85. The molecule has 4 aliphatic rings. The summed E-state index contributed by atoms with van der Waals surface area (Å²) in [6, 6.07) is 17.7. The molecule has 6 nitrogen and oxygen atoms in total. The second-order valence-corrected chi connectivity index (χ2v) is 11.4. The van der Waals surface area contributed by atoms with Crippen molar-refractivity contribution in [2.75, 3.05) is 4.90 Å². The molecule has 7 heteroatoms. The van der Waals surface area contributed by atoms with Gasteiger partial charge >= 0.3 is 0 Å². The smallest absolute Gasteiger partial charge is 0.238 e. The Morgan fingerprint density at radius 2 is 1.65 bits per heavy atom. The van der Waals surface area contributed by atoms with Crippen molar-refractivity contribution in [3.05, 3.63) is 106 Å². The topological polar surface area (TPSA) is 91.8 Å². The molecule has 0 spiro atoms. The second-order valence-electron chi connectivity index (χ2n) is 10.9. The van der Waals surface area contributed by atoms with Crippen molar-refractivity contribution >= 4 is 51.4 Å². The van der Waals surface area contributed by atoms with Gasteiger partial charge in [0, 0.05) is 38.6 Å². The van der Waals surface area contributed by atoms with Crippen LogP contribution in [0.4, 0.5) is 5.69 Å². The second kappa shape index (κ2) is 8.86. The number of rotatable bonds is 2. The predicted molar refractivity (Wildman–Crippen MR) is 151 cm³/mol. The number of hydrogen-bond donors (Lipinski definition) is 1. The SMILES string of the molecule is CC1=CC(=O)C2=C(C1=O)[C@@H](c1ccc3ccccc3c1O)C1=CC[C@@H]3C(=O)N(c4ccc(Cl)cc4)C(=O)[C@@H]3[C@@H]1C2. The number of Topliss-reactive ketones (excluding diaryl/α,β-unsaturated/α-hetero) is 1. The molecule has 2 amide bonds. The third-order valence-electron chi connectivity index (χ3n) is 8.89. The van der Waals surface area contributed by atoms with E-state index in [0.717, 1.165) is 11.0 Å². The maximum Gasteiger partial charge on any atom is 0.238 e. The van der Waals surface area contributed by atoms with Crippen LogP contribution in [0.5, 0.6) is 5.75 Å². The van der Waals surface area contributed by atoms with Crippen LogP contribution in [-0.4, -0.2) is 28.5 Å². The number of benzene rings is 3. The molecule has 1 fully saturated rings. The van der Waals surface area contributed by atoms with Gasteiger partial charge in [-0.05, 0) is 61.4 Å². The maximum atomic E-state index is 13.9. The Morgan fingerprint density at radius 3 is 2.42 bits per heavy atom. The highest BCUT2D eigenvalue weighted by Gasteiger charge is 2.56. The normalized spacial score (nSPS) is 26.0. The summed E-state index contributed by atoms with van der Waals surface area (Å²) in [6.07, 6.45) is 3.83. The number of phenols is 1. The van der Waals surface area contributed by atoms with Crippen molar-refractivity contribution in [1.82, 2.24) is 0 Å². The average Bonchev–Trinajstić information content (AvgIpc) is 3.21. The molecule has 3 aliphatic carbocycles. The van der Waals surface area contributed by atoms with Crippen LogP contribution in [0.2, 0.25) is 5.02 Å². The molecule has 7 rings (SSSR count). The van der Waals surface area contributed by atoms with E-state index >= 15 is 0 Å². The molecule has 0 aromatic heterocycles. The Hall–Kier alpha value is -4.29. The van der Waals surface area contributed by atoms with Gasteiger partial charge in [-0.2, -0.15) is 0 Å². The van der Waals surface area contributed by atoms with E-state index < -0.39 is 23.7 Å². The quantitative estimate of drug-likeness (QED) is 0.246. The third kappa shape index (κ3) is 3.42. The fraction of sp³-hybridized carbons (Fsp3) is 0.212. The molecule has 0 unspecified atom stereocenters. The zero-order chi connectivity index (χ0) is 27.9. The number of ketones is 2. The van der Waals surface area contributed by atoms with Crippen molar-refractivity contribution in [3.63, 3.8) is 0 Å². The van der Waals surface area contributed by atoms with Crippen molar-refractivity contribution in [2.24, 2.45) is 17.8 Å². The zero-order valence-electron chi connectivity index (χ0n) is 21.6. The molecule has 0 bridgehead atoms.